The van der Waals surface area contributed by atoms with Gasteiger partial charge in [-0.1, -0.05) is 18.6 Å². The molecule has 0 atom stereocenters. The van der Waals surface area contributed by atoms with E-state index in [0.717, 1.165) is 19.3 Å². The lowest BCUT2D eigenvalue weighted by Crippen LogP contribution is -2.51. The van der Waals surface area contributed by atoms with Crippen LogP contribution < -0.4 is 5.32 Å². The summed E-state index contributed by atoms with van der Waals surface area (Å²) in [7, 11) is 0. The number of nitrogens with zero attached hydrogens (tertiary/aromatic N) is 1. The number of amides is 3. The zero-order chi connectivity index (χ0) is 18.2. The van der Waals surface area contributed by atoms with Gasteiger partial charge >= 0.3 is 6.09 Å². The van der Waals surface area contributed by atoms with Gasteiger partial charge in [-0.2, -0.15) is 0 Å². The van der Waals surface area contributed by atoms with Gasteiger partial charge in [-0.25, -0.2) is 4.79 Å². The second-order valence-electron chi connectivity index (χ2n) is 7.95. The van der Waals surface area contributed by atoms with Crippen molar-refractivity contribution in [2.45, 2.75) is 45.6 Å². The van der Waals surface area contributed by atoms with Crippen molar-refractivity contribution in [2.24, 2.45) is 5.41 Å². The highest BCUT2D eigenvalue weighted by molar-refractivity contribution is 6.21. The van der Waals surface area contributed by atoms with Crippen LogP contribution in [-0.4, -0.2) is 41.5 Å². The Hall–Kier alpha value is -2.37. The SMILES string of the molecule is CC(C)(C)OC(=O)NCC1(CN2C(=O)c3ccccc3C2=O)CCC1. The van der Waals surface area contributed by atoms with Gasteiger partial charge in [0.2, 0.25) is 0 Å². The summed E-state index contributed by atoms with van der Waals surface area (Å²) in [6.07, 6.45) is 2.30. The summed E-state index contributed by atoms with van der Waals surface area (Å²) in [6.45, 7) is 6.16. The maximum atomic E-state index is 12.5. The average molecular weight is 344 g/mol. The molecule has 6 heteroatoms. The molecular weight excluding hydrogens is 320 g/mol. The number of alkyl carbamates (subject to hydrolysis) is 1. The first kappa shape index (κ1) is 17.5. The van der Waals surface area contributed by atoms with Crippen LogP contribution in [0.2, 0.25) is 0 Å². The molecule has 134 valence electrons. The fraction of sp³-hybridized carbons (Fsp3) is 0.526. The first-order valence-corrected chi connectivity index (χ1v) is 8.63. The second-order valence-corrected chi connectivity index (χ2v) is 7.95. The van der Waals surface area contributed by atoms with Gasteiger partial charge in [0.1, 0.15) is 5.60 Å². The lowest BCUT2D eigenvalue weighted by molar-refractivity contribution is 0.0336. The second kappa shape index (κ2) is 6.17. The maximum Gasteiger partial charge on any atom is 0.407 e. The van der Waals surface area contributed by atoms with Crippen LogP contribution in [0.1, 0.15) is 60.7 Å². The zero-order valence-corrected chi connectivity index (χ0v) is 14.9. The topological polar surface area (TPSA) is 75.7 Å². The Bertz CT molecular complexity index is 681. The number of benzene rings is 1. The number of imide groups is 1. The summed E-state index contributed by atoms with van der Waals surface area (Å²) in [5.41, 5.74) is 0.105. The molecule has 0 bridgehead atoms. The molecule has 6 nitrogen and oxygen atoms in total. The molecule has 25 heavy (non-hydrogen) atoms. The molecule has 1 fully saturated rings. The van der Waals surface area contributed by atoms with E-state index in [1.54, 1.807) is 24.3 Å². The molecule has 1 aliphatic heterocycles. The van der Waals surface area contributed by atoms with E-state index in [2.05, 4.69) is 5.32 Å². The number of carbonyl (C=O) groups excluding carboxylic acids is 3. The van der Waals surface area contributed by atoms with Crippen molar-refractivity contribution in [2.75, 3.05) is 13.1 Å². The van der Waals surface area contributed by atoms with Crippen LogP contribution in [0.4, 0.5) is 4.79 Å². The Kier molecular flexibility index (Phi) is 4.31. The molecule has 1 aliphatic carbocycles. The molecule has 1 N–H and O–H groups in total. The quantitative estimate of drug-likeness (QED) is 0.852. The van der Waals surface area contributed by atoms with Gasteiger partial charge in [0.25, 0.3) is 11.8 Å². The Morgan fingerprint density at radius 1 is 1.16 bits per heavy atom. The van der Waals surface area contributed by atoms with Gasteiger partial charge < -0.3 is 10.1 Å². The van der Waals surface area contributed by atoms with E-state index in [0.29, 0.717) is 24.2 Å². The third kappa shape index (κ3) is 3.52. The summed E-state index contributed by atoms with van der Waals surface area (Å²) < 4.78 is 5.27. The minimum atomic E-state index is -0.556. The number of fused-ring (bicyclic) bond motifs is 1. The Morgan fingerprint density at radius 3 is 2.16 bits per heavy atom. The molecule has 1 aromatic rings. The Balaban J connectivity index is 1.66. The Labute approximate surface area is 147 Å². The third-order valence-corrected chi connectivity index (χ3v) is 4.79. The number of ether oxygens (including phenoxy) is 1. The smallest absolute Gasteiger partial charge is 0.407 e. The van der Waals surface area contributed by atoms with Crippen LogP contribution in [0.5, 0.6) is 0 Å². The standard InChI is InChI=1S/C19H24N2O4/c1-18(2,3)25-17(24)20-11-19(9-6-10-19)12-21-15(22)13-7-4-5-8-14(13)16(21)23/h4-5,7-8H,6,9-12H2,1-3H3,(H,20,24). The number of carbonyl (C=O) groups is 3. The van der Waals surface area contributed by atoms with Crippen molar-refractivity contribution >= 4 is 17.9 Å². The third-order valence-electron chi connectivity index (χ3n) is 4.79. The molecule has 0 spiro atoms. The highest BCUT2D eigenvalue weighted by Crippen LogP contribution is 2.42. The highest BCUT2D eigenvalue weighted by atomic mass is 16.6. The van der Waals surface area contributed by atoms with Crippen LogP contribution in [0.25, 0.3) is 0 Å². The zero-order valence-electron chi connectivity index (χ0n) is 14.9. The van der Waals surface area contributed by atoms with Crippen molar-refractivity contribution < 1.29 is 19.1 Å². The summed E-state index contributed by atoms with van der Waals surface area (Å²) in [6, 6.07) is 6.89. The molecule has 1 saturated carbocycles. The van der Waals surface area contributed by atoms with Gasteiger partial charge in [0.15, 0.2) is 0 Å². The predicted octanol–water partition coefficient (Wildman–Crippen LogP) is 2.98. The van der Waals surface area contributed by atoms with Crippen molar-refractivity contribution in [3.8, 4) is 0 Å². The number of rotatable bonds is 4. The van der Waals surface area contributed by atoms with Crippen LogP contribution in [0.15, 0.2) is 24.3 Å². The fourth-order valence-corrected chi connectivity index (χ4v) is 3.36. The van der Waals surface area contributed by atoms with E-state index in [9.17, 15) is 14.4 Å². The molecule has 0 radical (unpaired) electrons. The molecule has 0 saturated heterocycles. The Morgan fingerprint density at radius 2 is 1.72 bits per heavy atom. The van der Waals surface area contributed by atoms with E-state index in [4.69, 9.17) is 4.74 Å². The lowest BCUT2D eigenvalue weighted by Gasteiger charge is -2.43. The van der Waals surface area contributed by atoms with Gasteiger partial charge in [0, 0.05) is 18.5 Å². The van der Waals surface area contributed by atoms with Crippen LogP contribution >= 0.6 is 0 Å². The molecule has 3 rings (SSSR count). The molecule has 2 aliphatic rings. The first-order valence-electron chi connectivity index (χ1n) is 8.63. The molecule has 0 aromatic heterocycles. The summed E-state index contributed by atoms with van der Waals surface area (Å²) in [5.74, 6) is -0.492. The number of hydrogen-bond donors (Lipinski definition) is 1. The number of nitrogens with one attached hydrogen (secondary N) is 1. The van der Waals surface area contributed by atoms with Gasteiger partial charge in [-0.3, -0.25) is 14.5 Å². The van der Waals surface area contributed by atoms with Crippen LogP contribution in [0.3, 0.4) is 0 Å². The summed E-state index contributed by atoms with van der Waals surface area (Å²) in [4.78, 5) is 38.3. The molecule has 0 unspecified atom stereocenters. The van der Waals surface area contributed by atoms with Crippen molar-refractivity contribution in [3.63, 3.8) is 0 Å². The summed E-state index contributed by atoms with van der Waals surface area (Å²) in [5, 5.41) is 2.80. The molecule has 1 heterocycles. The van der Waals surface area contributed by atoms with Crippen molar-refractivity contribution in [3.05, 3.63) is 35.4 Å². The van der Waals surface area contributed by atoms with E-state index in [1.807, 2.05) is 20.8 Å². The van der Waals surface area contributed by atoms with E-state index in [-0.39, 0.29) is 17.2 Å². The summed E-state index contributed by atoms with van der Waals surface area (Å²) >= 11 is 0. The molecule has 3 amide bonds. The van der Waals surface area contributed by atoms with Crippen LogP contribution in [0, 0.1) is 5.41 Å². The average Bonchev–Trinajstić information content (AvgIpc) is 2.73. The van der Waals surface area contributed by atoms with Gasteiger partial charge in [-0.15, -0.1) is 0 Å². The van der Waals surface area contributed by atoms with E-state index < -0.39 is 11.7 Å². The maximum absolute atomic E-state index is 12.5. The normalized spacial score (nSPS) is 18.6. The minimum Gasteiger partial charge on any atom is -0.444 e. The van der Waals surface area contributed by atoms with Gasteiger partial charge in [-0.05, 0) is 45.7 Å². The first-order chi connectivity index (χ1) is 11.7. The van der Waals surface area contributed by atoms with Crippen LogP contribution in [-0.2, 0) is 4.74 Å². The van der Waals surface area contributed by atoms with E-state index >= 15 is 0 Å². The molecular formula is C19H24N2O4. The minimum absolute atomic E-state index is 0.246. The predicted molar refractivity (Wildman–Crippen MR) is 92.3 cm³/mol. The highest BCUT2D eigenvalue weighted by Gasteiger charge is 2.45. The number of hydrogen-bond acceptors (Lipinski definition) is 4. The fourth-order valence-electron chi connectivity index (χ4n) is 3.36. The van der Waals surface area contributed by atoms with Gasteiger partial charge in [0.05, 0.1) is 11.1 Å². The van der Waals surface area contributed by atoms with E-state index in [1.165, 1.54) is 4.90 Å². The van der Waals surface area contributed by atoms with Crippen molar-refractivity contribution in [1.29, 1.82) is 0 Å². The largest absolute Gasteiger partial charge is 0.444 e. The van der Waals surface area contributed by atoms with Crippen molar-refractivity contribution in [1.82, 2.24) is 10.2 Å². The lowest BCUT2D eigenvalue weighted by atomic mass is 9.68. The molecule has 1 aromatic carbocycles. The monoisotopic (exact) mass is 344 g/mol.